The van der Waals surface area contributed by atoms with E-state index < -0.39 is 41.3 Å². The van der Waals surface area contributed by atoms with Gasteiger partial charge in [-0.05, 0) is 44.1 Å². The van der Waals surface area contributed by atoms with Crippen LogP contribution in [-0.4, -0.2) is 81.5 Å². The Balaban J connectivity index is 1.86. The highest BCUT2D eigenvalue weighted by atomic mass is 16.5. The van der Waals surface area contributed by atoms with Crippen LogP contribution in [0.2, 0.25) is 0 Å². The number of aliphatic hydroxyl groups is 5. The zero-order valence-corrected chi connectivity index (χ0v) is 17.1. The molecule has 2 aliphatic heterocycles. The molecule has 5 N–H and O–H groups in total. The number of ether oxygens (including phenoxy) is 2. The van der Waals surface area contributed by atoms with Gasteiger partial charge in [-0.1, -0.05) is 13.0 Å². The Morgan fingerprint density at radius 1 is 1.07 bits per heavy atom. The molecule has 0 radical (unpaired) electrons. The first-order valence-electron chi connectivity index (χ1n) is 10.4. The Bertz CT molecular complexity index is 567. The van der Waals surface area contributed by atoms with E-state index in [1.165, 1.54) is 0 Å². The van der Waals surface area contributed by atoms with E-state index in [0.29, 0.717) is 32.3 Å². The van der Waals surface area contributed by atoms with Crippen molar-refractivity contribution in [3.05, 3.63) is 11.6 Å². The molecule has 2 saturated heterocycles. The Hall–Kier alpha value is -0.540. The number of hydrogen-bond acceptors (Lipinski definition) is 7. The third kappa shape index (κ3) is 4.03. The first kappa shape index (κ1) is 22.2. The number of allylic oxidation sites excluding steroid dienone is 1. The van der Waals surface area contributed by atoms with Crippen molar-refractivity contribution in [3.63, 3.8) is 0 Å². The lowest BCUT2D eigenvalue weighted by molar-refractivity contribution is -0.261. The normalized spacial score (nSPS) is 50.3. The van der Waals surface area contributed by atoms with Gasteiger partial charge in [0.15, 0.2) is 0 Å². The summed E-state index contributed by atoms with van der Waals surface area (Å²) in [6.07, 6.45) is 0.906. The van der Waals surface area contributed by atoms with Crippen LogP contribution in [0.3, 0.4) is 0 Å². The zero-order chi connectivity index (χ0) is 20.7. The van der Waals surface area contributed by atoms with Gasteiger partial charge < -0.3 is 35.0 Å². The van der Waals surface area contributed by atoms with Gasteiger partial charge in [-0.2, -0.15) is 0 Å². The molecule has 2 heterocycles. The highest BCUT2D eigenvalue weighted by Gasteiger charge is 2.56. The molecule has 4 unspecified atom stereocenters. The Morgan fingerprint density at radius 2 is 1.79 bits per heavy atom. The topological polar surface area (TPSA) is 120 Å². The third-order valence-electron chi connectivity index (χ3n) is 7.11. The molecule has 0 saturated carbocycles. The predicted octanol–water partition coefficient (Wildman–Crippen LogP) is 0.369. The summed E-state index contributed by atoms with van der Waals surface area (Å²) in [7, 11) is 0. The van der Waals surface area contributed by atoms with Crippen LogP contribution >= 0.6 is 0 Å². The minimum Gasteiger partial charge on any atom is -0.394 e. The fourth-order valence-corrected chi connectivity index (χ4v) is 6.24. The number of hydrogen-bond donors (Lipinski definition) is 5. The van der Waals surface area contributed by atoms with Gasteiger partial charge in [0.05, 0.1) is 49.3 Å². The summed E-state index contributed by atoms with van der Waals surface area (Å²) in [5.41, 5.74) is -0.561. The van der Waals surface area contributed by atoms with Gasteiger partial charge in [0.25, 0.3) is 0 Å². The average molecular weight is 401 g/mol. The van der Waals surface area contributed by atoms with Crippen molar-refractivity contribution in [2.45, 2.75) is 82.6 Å². The Labute approximate surface area is 167 Å². The molecule has 0 aromatic rings. The first-order chi connectivity index (χ1) is 13.1. The van der Waals surface area contributed by atoms with Crippen molar-refractivity contribution in [1.82, 2.24) is 0 Å². The van der Waals surface area contributed by atoms with Gasteiger partial charge in [-0.25, -0.2) is 0 Å². The summed E-state index contributed by atoms with van der Waals surface area (Å²) in [5.74, 6) is -0.691. The van der Waals surface area contributed by atoms with Crippen LogP contribution in [0.4, 0.5) is 0 Å². The van der Waals surface area contributed by atoms with E-state index in [4.69, 9.17) is 9.47 Å². The second-order valence-corrected chi connectivity index (χ2v) is 9.44. The summed E-state index contributed by atoms with van der Waals surface area (Å²) >= 11 is 0. The SMILES string of the molecule is C[C@H]1OC(C)(C2[C@H](O)CCO[C@@H]2CO)C[C@@H](O)C1C1(C)C=C(CO)C[C@H](O)C1. The third-order valence-corrected chi connectivity index (χ3v) is 7.11. The van der Waals surface area contributed by atoms with Crippen LogP contribution in [0.5, 0.6) is 0 Å². The predicted molar refractivity (Wildman–Crippen MR) is 103 cm³/mol. The van der Waals surface area contributed by atoms with E-state index in [-0.39, 0.29) is 25.2 Å². The molecule has 1 aliphatic carbocycles. The average Bonchev–Trinajstić information content (AvgIpc) is 2.59. The van der Waals surface area contributed by atoms with Crippen LogP contribution in [-0.2, 0) is 9.47 Å². The molecule has 162 valence electrons. The highest BCUT2D eigenvalue weighted by Crippen LogP contribution is 2.51. The van der Waals surface area contributed by atoms with Crippen molar-refractivity contribution in [1.29, 1.82) is 0 Å². The molecule has 0 aromatic heterocycles. The summed E-state index contributed by atoms with van der Waals surface area (Å²) in [4.78, 5) is 0. The minimum atomic E-state index is -0.838. The largest absolute Gasteiger partial charge is 0.394 e. The molecule has 3 aliphatic rings. The highest BCUT2D eigenvalue weighted by molar-refractivity contribution is 5.19. The van der Waals surface area contributed by atoms with Crippen LogP contribution in [0, 0.1) is 17.3 Å². The summed E-state index contributed by atoms with van der Waals surface area (Å²) < 4.78 is 12.1. The van der Waals surface area contributed by atoms with E-state index in [1.54, 1.807) is 0 Å². The maximum absolute atomic E-state index is 11.2. The number of rotatable bonds is 4. The van der Waals surface area contributed by atoms with Gasteiger partial charge in [-0.15, -0.1) is 0 Å². The molecular weight excluding hydrogens is 364 g/mol. The molecular formula is C21H36O7. The van der Waals surface area contributed by atoms with E-state index in [9.17, 15) is 25.5 Å². The Morgan fingerprint density at radius 3 is 2.39 bits per heavy atom. The second-order valence-electron chi connectivity index (χ2n) is 9.44. The molecule has 9 atom stereocenters. The zero-order valence-electron chi connectivity index (χ0n) is 17.1. The summed E-state index contributed by atoms with van der Waals surface area (Å²) in [5, 5.41) is 51.4. The fourth-order valence-electron chi connectivity index (χ4n) is 6.24. The lowest BCUT2D eigenvalue weighted by Crippen LogP contribution is -2.62. The van der Waals surface area contributed by atoms with E-state index in [1.807, 2.05) is 26.8 Å². The maximum Gasteiger partial charge on any atom is 0.0886 e. The van der Waals surface area contributed by atoms with Crippen molar-refractivity contribution >= 4 is 0 Å². The van der Waals surface area contributed by atoms with Crippen LogP contribution in [0.1, 0.15) is 46.5 Å². The molecule has 0 aromatic carbocycles. The van der Waals surface area contributed by atoms with Gasteiger partial charge in [0, 0.05) is 24.9 Å². The maximum atomic E-state index is 11.2. The Kier molecular flexibility index (Phi) is 6.57. The van der Waals surface area contributed by atoms with Crippen LogP contribution in [0.25, 0.3) is 0 Å². The molecule has 7 nitrogen and oxygen atoms in total. The van der Waals surface area contributed by atoms with Gasteiger partial charge in [0.2, 0.25) is 0 Å². The summed E-state index contributed by atoms with van der Waals surface area (Å²) in [6.45, 7) is 5.86. The molecule has 28 heavy (non-hydrogen) atoms. The molecule has 0 bridgehead atoms. The molecule has 0 spiro atoms. The minimum absolute atomic E-state index is 0.105. The lowest BCUT2D eigenvalue weighted by atomic mass is 9.61. The van der Waals surface area contributed by atoms with E-state index in [0.717, 1.165) is 5.57 Å². The quantitative estimate of drug-likeness (QED) is 0.433. The van der Waals surface area contributed by atoms with Gasteiger partial charge in [-0.3, -0.25) is 0 Å². The standard InChI is InChI=1S/C21H36O7/c1-12-18(20(2)7-13(10-22)6-14(24)8-20)16(26)9-21(3,28-12)19-15(25)4-5-27-17(19)11-23/h7,12,14-19,22-26H,4-6,8-11H2,1-3H3/t12-,14+,15-,16-,17-,18?,19?,20?,21?/m1/s1. The van der Waals surface area contributed by atoms with E-state index in [2.05, 4.69) is 0 Å². The van der Waals surface area contributed by atoms with Gasteiger partial charge in [0.1, 0.15) is 0 Å². The van der Waals surface area contributed by atoms with Gasteiger partial charge >= 0.3 is 0 Å². The molecule has 3 rings (SSSR count). The summed E-state index contributed by atoms with van der Waals surface area (Å²) in [6, 6.07) is 0. The second kappa shape index (κ2) is 8.30. The molecule has 7 heteroatoms. The monoisotopic (exact) mass is 400 g/mol. The number of aliphatic hydroxyl groups excluding tert-OH is 5. The van der Waals surface area contributed by atoms with E-state index >= 15 is 0 Å². The molecule has 0 amide bonds. The lowest BCUT2D eigenvalue weighted by Gasteiger charge is -2.56. The molecule has 2 fully saturated rings. The van der Waals surface area contributed by atoms with Crippen LogP contribution in [0.15, 0.2) is 11.6 Å². The fraction of sp³-hybridized carbons (Fsp3) is 0.905. The smallest absolute Gasteiger partial charge is 0.0886 e. The van der Waals surface area contributed by atoms with Crippen LogP contribution < -0.4 is 0 Å². The van der Waals surface area contributed by atoms with Crippen molar-refractivity contribution < 1.29 is 35.0 Å². The van der Waals surface area contributed by atoms with Crippen molar-refractivity contribution in [3.8, 4) is 0 Å². The first-order valence-corrected chi connectivity index (χ1v) is 10.4. The van der Waals surface area contributed by atoms with Crippen molar-refractivity contribution in [2.75, 3.05) is 19.8 Å². The van der Waals surface area contributed by atoms with Crippen molar-refractivity contribution in [2.24, 2.45) is 17.3 Å².